The first-order valence-electron chi connectivity index (χ1n) is 14.2. The summed E-state index contributed by atoms with van der Waals surface area (Å²) in [5, 5.41) is 5.85. The lowest BCUT2D eigenvalue weighted by atomic mass is 10.0. The Kier molecular flexibility index (Phi) is 4.87. The van der Waals surface area contributed by atoms with Crippen molar-refractivity contribution in [2.75, 3.05) is 0 Å². The van der Waals surface area contributed by atoms with Crippen LogP contribution in [0.25, 0.3) is 77.4 Å². The summed E-state index contributed by atoms with van der Waals surface area (Å²) in [7, 11) is 0. The van der Waals surface area contributed by atoms with E-state index < -0.39 is 0 Å². The maximum Gasteiger partial charge on any atom is 0.235 e. The number of hydrogen-bond acceptors (Lipinski definition) is 2. The largest absolute Gasteiger partial charge is 0.309 e. The highest BCUT2D eigenvalue weighted by atomic mass is 15.2. The third kappa shape index (κ3) is 3.29. The van der Waals surface area contributed by atoms with Crippen LogP contribution in [-0.4, -0.2) is 19.1 Å². The van der Waals surface area contributed by atoms with Crippen molar-refractivity contribution in [1.29, 1.82) is 0 Å². The average molecular weight is 537 g/mol. The lowest BCUT2D eigenvalue weighted by molar-refractivity contribution is 1.01. The highest BCUT2D eigenvalue weighted by Gasteiger charge is 2.18. The van der Waals surface area contributed by atoms with Crippen molar-refractivity contribution in [1.82, 2.24) is 19.1 Å². The van der Waals surface area contributed by atoms with Crippen LogP contribution in [0.3, 0.4) is 0 Å². The van der Waals surface area contributed by atoms with Gasteiger partial charge in [-0.05, 0) is 48.5 Å². The fraction of sp³-hybridized carbons (Fsp3) is 0. The second-order valence-electron chi connectivity index (χ2n) is 10.7. The topological polar surface area (TPSA) is 35.6 Å². The van der Waals surface area contributed by atoms with Crippen LogP contribution in [0.1, 0.15) is 0 Å². The maximum atomic E-state index is 5.31. The maximum absolute atomic E-state index is 5.31. The second-order valence-corrected chi connectivity index (χ2v) is 10.7. The molecule has 0 N–H and O–H groups in total. The van der Waals surface area contributed by atoms with Crippen LogP contribution in [0.15, 0.2) is 146 Å². The molecule has 0 amide bonds. The van der Waals surface area contributed by atoms with E-state index in [0.717, 1.165) is 38.9 Å². The molecule has 0 aliphatic carbocycles. The van der Waals surface area contributed by atoms with E-state index in [1.165, 1.54) is 32.6 Å². The highest BCUT2D eigenvalue weighted by molar-refractivity contribution is 6.11. The second kappa shape index (κ2) is 8.88. The first kappa shape index (κ1) is 23.0. The molecule has 0 unspecified atom stereocenters. The number of fused-ring (bicyclic) bond motifs is 7. The van der Waals surface area contributed by atoms with E-state index in [-0.39, 0.29) is 0 Å². The molecule has 42 heavy (non-hydrogen) atoms. The third-order valence-electron chi connectivity index (χ3n) is 8.33. The van der Waals surface area contributed by atoms with Crippen LogP contribution < -0.4 is 0 Å². The summed E-state index contributed by atoms with van der Waals surface area (Å²) < 4.78 is 4.54. The molecule has 3 aromatic heterocycles. The van der Waals surface area contributed by atoms with E-state index in [1.54, 1.807) is 0 Å². The van der Waals surface area contributed by atoms with Crippen LogP contribution in [-0.2, 0) is 0 Å². The highest BCUT2D eigenvalue weighted by Crippen LogP contribution is 2.37. The number of nitrogens with zero attached hydrogens (tertiary/aromatic N) is 4. The quantitative estimate of drug-likeness (QED) is 0.225. The Hall–Kier alpha value is -5.74. The molecule has 9 rings (SSSR count). The first-order chi connectivity index (χ1) is 20.8. The molecule has 0 spiro atoms. The zero-order valence-electron chi connectivity index (χ0n) is 22.6. The minimum Gasteiger partial charge on any atom is -0.309 e. The summed E-state index contributed by atoms with van der Waals surface area (Å²) >= 11 is 0. The summed E-state index contributed by atoms with van der Waals surface area (Å²) in [5.74, 6) is 0.674. The van der Waals surface area contributed by atoms with Gasteiger partial charge >= 0.3 is 0 Å². The lowest BCUT2D eigenvalue weighted by Gasteiger charge is -2.12. The monoisotopic (exact) mass is 536 g/mol. The van der Waals surface area contributed by atoms with Gasteiger partial charge in [-0.3, -0.25) is 4.57 Å². The molecule has 4 heteroatoms. The predicted octanol–water partition coefficient (Wildman–Crippen LogP) is 9.49. The Morgan fingerprint density at radius 2 is 0.905 bits per heavy atom. The molecule has 0 bridgehead atoms. The van der Waals surface area contributed by atoms with E-state index in [1.807, 2.05) is 6.07 Å². The number of benzene rings is 6. The Bertz CT molecular complexity index is 2410. The average Bonchev–Trinajstić information content (AvgIpc) is 3.57. The van der Waals surface area contributed by atoms with Crippen LogP contribution in [0, 0.1) is 0 Å². The van der Waals surface area contributed by atoms with Crippen molar-refractivity contribution >= 4 is 54.5 Å². The van der Waals surface area contributed by atoms with Gasteiger partial charge in [-0.1, -0.05) is 97.1 Å². The van der Waals surface area contributed by atoms with E-state index in [9.17, 15) is 0 Å². The van der Waals surface area contributed by atoms with Gasteiger partial charge in [0.2, 0.25) is 5.95 Å². The van der Waals surface area contributed by atoms with Crippen molar-refractivity contribution in [3.05, 3.63) is 146 Å². The minimum absolute atomic E-state index is 0.674. The summed E-state index contributed by atoms with van der Waals surface area (Å²) in [6.07, 6.45) is 0. The smallest absolute Gasteiger partial charge is 0.235 e. The summed E-state index contributed by atoms with van der Waals surface area (Å²) in [5.41, 5.74) is 8.63. The van der Waals surface area contributed by atoms with Crippen molar-refractivity contribution in [2.24, 2.45) is 0 Å². The van der Waals surface area contributed by atoms with Gasteiger partial charge < -0.3 is 4.57 Å². The fourth-order valence-corrected chi connectivity index (χ4v) is 6.50. The zero-order valence-corrected chi connectivity index (χ0v) is 22.6. The standard InChI is InChI=1S/C38H24N4/c1-2-12-26(13-3-1)41-33-19-9-7-16-29(33)31-24-25(22-23-36(31)41)37-30-17-4-8-18-32(30)39-38(40-37)42-34-20-10-5-14-27(34)28-15-6-11-21-35(28)42/h1-24H. The van der Waals surface area contributed by atoms with Gasteiger partial charge in [-0.2, -0.15) is 0 Å². The van der Waals surface area contributed by atoms with Gasteiger partial charge in [0, 0.05) is 38.2 Å². The zero-order chi connectivity index (χ0) is 27.6. The van der Waals surface area contributed by atoms with Gasteiger partial charge in [0.1, 0.15) is 0 Å². The van der Waals surface area contributed by atoms with Gasteiger partial charge in [0.25, 0.3) is 0 Å². The summed E-state index contributed by atoms with van der Waals surface area (Å²) in [4.78, 5) is 10.4. The van der Waals surface area contributed by atoms with E-state index in [2.05, 4.69) is 149 Å². The Labute approximate surface area is 241 Å². The number of rotatable bonds is 3. The Balaban J connectivity index is 1.34. The molecule has 9 aromatic rings. The number of aromatic nitrogens is 4. The molecule has 0 saturated heterocycles. The SMILES string of the molecule is c1ccc(-n2c3ccccc3c3cc(-c4nc(-n5c6ccccc6c6ccccc65)nc5ccccc45)ccc32)cc1. The fourth-order valence-electron chi connectivity index (χ4n) is 6.50. The van der Waals surface area contributed by atoms with Crippen LogP contribution >= 0.6 is 0 Å². The Morgan fingerprint density at radius 1 is 0.381 bits per heavy atom. The molecule has 3 heterocycles. The molecule has 0 radical (unpaired) electrons. The number of para-hydroxylation sites is 5. The molecule has 0 aliphatic heterocycles. The van der Waals surface area contributed by atoms with E-state index in [0.29, 0.717) is 5.95 Å². The summed E-state index contributed by atoms with van der Waals surface area (Å²) in [6.45, 7) is 0. The van der Waals surface area contributed by atoms with Crippen LogP contribution in [0.2, 0.25) is 0 Å². The molecule has 4 nitrogen and oxygen atoms in total. The van der Waals surface area contributed by atoms with Gasteiger partial charge in [0.15, 0.2) is 0 Å². The van der Waals surface area contributed by atoms with Crippen molar-refractivity contribution < 1.29 is 0 Å². The van der Waals surface area contributed by atoms with Crippen LogP contribution in [0.4, 0.5) is 0 Å². The van der Waals surface area contributed by atoms with Gasteiger partial charge in [-0.15, -0.1) is 0 Å². The van der Waals surface area contributed by atoms with E-state index >= 15 is 0 Å². The van der Waals surface area contributed by atoms with Crippen LogP contribution in [0.5, 0.6) is 0 Å². The summed E-state index contributed by atoms with van der Waals surface area (Å²) in [6, 6.07) is 51.2. The lowest BCUT2D eigenvalue weighted by Crippen LogP contribution is -2.03. The molecule has 196 valence electrons. The molecular formula is C38H24N4. The first-order valence-corrected chi connectivity index (χ1v) is 14.2. The van der Waals surface area contributed by atoms with Crippen molar-refractivity contribution in [3.63, 3.8) is 0 Å². The Morgan fingerprint density at radius 3 is 1.60 bits per heavy atom. The molecule has 6 aromatic carbocycles. The minimum atomic E-state index is 0.674. The predicted molar refractivity (Wildman–Crippen MR) is 174 cm³/mol. The molecule has 0 atom stereocenters. The molecule has 0 aliphatic rings. The van der Waals surface area contributed by atoms with Crippen molar-refractivity contribution in [2.45, 2.75) is 0 Å². The molecule has 0 fully saturated rings. The number of hydrogen-bond donors (Lipinski definition) is 0. The normalized spacial score (nSPS) is 11.8. The van der Waals surface area contributed by atoms with Crippen molar-refractivity contribution in [3.8, 4) is 22.9 Å². The van der Waals surface area contributed by atoms with E-state index in [4.69, 9.17) is 9.97 Å². The molecular weight excluding hydrogens is 512 g/mol. The molecule has 0 saturated carbocycles. The third-order valence-corrected chi connectivity index (χ3v) is 8.33. The van der Waals surface area contributed by atoms with Gasteiger partial charge in [0.05, 0.1) is 33.3 Å². The van der Waals surface area contributed by atoms with Gasteiger partial charge in [-0.25, -0.2) is 9.97 Å².